The summed E-state index contributed by atoms with van der Waals surface area (Å²) in [6, 6.07) is 70.6. The highest BCUT2D eigenvalue weighted by atomic mass is 15.1. The summed E-state index contributed by atoms with van der Waals surface area (Å²) in [5.41, 5.74) is 14.3. The smallest absolute Gasteiger partial charge is 0.165 e. The average molecular weight is 761 g/mol. The van der Waals surface area contributed by atoms with Crippen molar-refractivity contribution in [3.8, 4) is 45.0 Å². The fourth-order valence-electron chi connectivity index (χ4n) is 10.4. The van der Waals surface area contributed by atoms with Gasteiger partial charge < -0.3 is 4.57 Å². The van der Waals surface area contributed by atoms with Gasteiger partial charge in [-0.2, -0.15) is 0 Å². The molecule has 4 heteroatoms. The van der Waals surface area contributed by atoms with E-state index < -0.39 is 0 Å². The molecule has 0 unspecified atom stereocenters. The normalized spacial score (nSPS) is 12.3. The molecule has 0 bridgehead atoms. The Hall–Kier alpha value is -8.08. The lowest BCUT2D eigenvalue weighted by Crippen LogP contribution is -2.04. The summed E-state index contributed by atoms with van der Waals surface area (Å²) in [6.45, 7) is 0. The topological polar surface area (TPSA) is 35.6 Å². The van der Waals surface area contributed by atoms with Crippen molar-refractivity contribution in [2.45, 2.75) is 0 Å². The second-order valence-corrected chi connectivity index (χ2v) is 16.1. The summed E-state index contributed by atoms with van der Waals surface area (Å²) in [5.74, 6) is 0.810. The largest absolute Gasteiger partial charge is 0.308 e. The van der Waals surface area contributed by atoms with Crippen LogP contribution in [0.5, 0.6) is 0 Å². The second-order valence-electron chi connectivity index (χ2n) is 16.1. The number of aromatic nitrogens is 4. The van der Waals surface area contributed by atoms with Crippen LogP contribution in [0.1, 0.15) is 0 Å². The SMILES string of the molecule is c1ccc2c(c1)-c1ccccc1-n1c3ccccc3c3cc4c(c-2c31)c1ccccc1n4-c1nc2ccc3ccccc3c2nc1-c1ccc2c(ccc3ccccc32)c1. The molecule has 0 fully saturated rings. The van der Waals surface area contributed by atoms with Gasteiger partial charge in [-0.3, -0.25) is 4.57 Å². The van der Waals surface area contributed by atoms with Crippen LogP contribution in [0.2, 0.25) is 0 Å². The molecule has 4 heterocycles. The Morgan fingerprint density at radius 3 is 1.83 bits per heavy atom. The average Bonchev–Trinajstić information content (AvgIpc) is 3.78. The van der Waals surface area contributed by atoms with Gasteiger partial charge in [-0.25, -0.2) is 9.97 Å². The summed E-state index contributed by atoms with van der Waals surface area (Å²) in [7, 11) is 0. The Labute approximate surface area is 343 Å². The van der Waals surface area contributed by atoms with E-state index in [-0.39, 0.29) is 0 Å². The van der Waals surface area contributed by atoms with E-state index in [1.807, 2.05) is 0 Å². The van der Waals surface area contributed by atoms with E-state index in [1.165, 1.54) is 82.1 Å². The number of nitrogens with zero attached hydrogens (tertiary/aromatic N) is 4. The van der Waals surface area contributed by atoms with Gasteiger partial charge in [-0.15, -0.1) is 0 Å². The summed E-state index contributed by atoms with van der Waals surface area (Å²) in [4.78, 5) is 11.4. The molecule has 14 rings (SSSR count). The first-order valence-electron chi connectivity index (χ1n) is 20.6. The van der Waals surface area contributed by atoms with Crippen molar-refractivity contribution in [3.63, 3.8) is 0 Å². The van der Waals surface area contributed by atoms with Crippen molar-refractivity contribution in [2.24, 2.45) is 0 Å². The molecule has 0 radical (unpaired) electrons. The molecule has 1 aliphatic heterocycles. The predicted molar refractivity (Wildman–Crippen MR) is 251 cm³/mol. The fourth-order valence-corrected chi connectivity index (χ4v) is 10.4. The maximum absolute atomic E-state index is 5.68. The van der Waals surface area contributed by atoms with Crippen molar-refractivity contribution in [1.82, 2.24) is 19.1 Å². The molecule has 0 N–H and O–H groups in total. The second kappa shape index (κ2) is 11.8. The van der Waals surface area contributed by atoms with E-state index in [0.29, 0.717) is 0 Å². The van der Waals surface area contributed by atoms with Crippen LogP contribution in [0.3, 0.4) is 0 Å². The lowest BCUT2D eigenvalue weighted by Gasteiger charge is -2.16. The van der Waals surface area contributed by atoms with Crippen LogP contribution in [0.15, 0.2) is 194 Å². The molecule has 0 atom stereocenters. The maximum Gasteiger partial charge on any atom is 0.165 e. The van der Waals surface area contributed by atoms with Crippen LogP contribution >= 0.6 is 0 Å². The Morgan fingerprint density at radius 2 is 0.983 bits per heavy atom. The minimum Gasteiger partial charge on any atom is -0.308 e. The lowest BCUT2D eigenvalue weighted by atomic mass is 9.91. The van der Waals surface area contributed by atoms with Gasteiger partial charge in [-0.1, -0.05) is 158 Å². The predicted octanol–water partition coefficient (Wildman–Crippen LogP) is 14.6. The highest BCUT2D eigenvalue weighted by Gasteiger charge is 2.30. The van der Waals surface area contributed by atoms with Crippen LogP contribution < -0.4 is 0 Å². The molecule has 13 aromatic rings. The standard InChI is InChI=1S/C56H32N4/c1-3-15-37-33(13-1)25-26-35-31-36(27-29-38(35)37)53-56(57-46-30-28-34-14-2-4-16-39(34)54(46)58-53)60-49-24-12-9-21-44(49)51-50(60)32-45-42-19-8-11-23-48(42)59-47-22-10-7-18-41(47)40-17-5-6-20-43(40)52(51)55(45)59/h1-32H. The maximum atomic E-state index is 5.68. The van der Waals surface area contributed by atoms with Crippen molar-refractivity contribution in [1.29, 1.82) is 0 Å². The van der Waals surface area contributed by atoms with E-state index in [9.17, 15) is 0 Å². The minimum absolute atomic E-state index is 0.810. The third-order valence-corrected chi connectivity index (χ3v) is 13.0. The monoisotopic (exact) mass is 760 g/mol. The molecule has 60 heavy (non-hydrogen) atoms. The van der Waals surface area contributed by atoms with Crippen molar-refractivity contribution < 1.29 is 0 Å². The summed E-state index contributed by atoms with van der Waals surface area (Å²) >= 11 is 0. The molecule has 276 valence electrons. The summed E-state index contributed by atoms with van der Waals surface area (Å²) < 4.78 is 4.90. The fraction of sp³-hybridized carbons (Fsp3) is 0. The van der Waals surface area contributed by atoms with Crippen molar-refractivity contribution in [2.75, 3.05) is 0 Å². The zero-order valence-electron chi connectivity index (χ0n) is 32.3. The van der Waals surface area contributed by atoms with E-state index in [0.717, 1.165) is 49.9 Å². The molecule has 0 saturated carbocycles. The van der Waals surface area contributed by atoms with Gasteiger partial charge in [0.05, 0.1) is 38.8 Å². The highest BCUT2D eigenvalue weighted by Crippen LogP contribution is 2.52. The van der Waals surface area contributed by atoms with Crippen LogP contribution in [0.25, 0.3) is 132 Å². The third kappa shape index (κ3) is 4.19. The van der Waals surface area contributed by atoms with Gasteiger partial charge in [0.25, 0.3) is 0 Å². The Morgan fingerprint density at radius 1 is 0.367 bits per heavy atom. The Kier molecular flexibility index (Phi) is 6.26. The van der Waals surface area contributed by atoms with Gasteiger partial charge in [0.15, 0.2) is 5.82 Å². The zero-order chi connectivity index (χ0) is 39.1. The van der Waals surface area contributed by atoms with Crippen LogP contribution in [-0.4, -0.2) is 19.1 Å². The molecule has 1 aliphatic rings. The van der Waals surface area contributed by atoms with Crippen molar-refractivity contribution >= 4 is 87.0 Å². The van der Waals surface area contributed by atoms with Gasteiger partial charge in [0.2, 0.25) is 0 Å². The number of rotatable bonds is 2. The number of hydrogen-bond acceptors (Lipinski definition) is 2. The lowest BCUT2D eigenvalue weighted by molar-refractivity contribution is 1.08. The van der Waals surface area contributed by atoms with Crippen LogP contribution in [0, 0.1) is 0 Å². The van der Waals surface area contributed by atoms with E-state index in [1.54, 1.807) is 0 Å². The molecular weight excluding hydrogens is 729 g/mol. The molecule has 0 aliphatic carbocycles. The van der Waals surface area contributed by atoms with Gasteiger partial charge >= 0.3 is 0 Å². The molecule has 0 amide bonds. The van der Waals surface area contributed by atoms with Gasteiger partial charge in [0.1, 0.15) is 5.69 Å². The van der Waals surface area contributed by atoms with E-state index in [4.69, 9.17) is 9.97 Å². The first-order valence-corrected chi connectivity index (χ1v) is 20.6. The Balaban J connectivity index is 1.18. The molecular formula is C56H32N4. The molecule has 0 spiro atoms. The number of fused-ring (bicyclic) bond motifs is 18. The van der Waals surface area contributed by atoms with Crippen LogP contribution in [0.4, 0.5) is 0 Å². The number of para-hydroxylation sites is 3. The summed E-state index contributed by atoms with van der Waals surface area (Å²) in [5, 5.41) is 11.9. The molecule has 0 saturated heterocycles. The first kappa shape index (κ1) is 31.9. The van der Waals surface area contributed by atoms with E-state index >= 15 is 0 Å². The quantitative estimate of drug-likeness (QED) is 0.165. The Bertz CT molecular complexity index is 4020. The van der Waals surface area contributed by atoms with E-state index in [2.05, 4.69) is 203 Å². The van der Waals surface area contributed by atoms with Gasteiger partial charge in [-0.05, 0) is 74.5 Å². The zero-order valence-corrected chi connectivity index (χ0v) is 32.3. The van der Waals surface area contributed by atoms with Crippen molar-refractivity contribution in [3.05, 3.63) is 194 Å². The van der Waals surface area contributed by atoms with Crippen LogP contribution in [-0.2, 0) is 0 Å². The van der Waals surface area contributed by atoms with Gasteiger partial charge in [0, 0.05) is 43.6 Å². The highest BCUT2D eigenvalue weighted by molar-refractivity contribution is 6.28. The molecule has 4 nitrogen and oxygen atoms in total. The first-order chi connectivity index (χ1) is 29.8. The molecule has 3 aromatic heterocycles. The number of benzene rings is 10. The minimum atomic E-state index is 0.810. The number of hydrogen-bond donors (Lipinski definition) is 0. The summed E-state index contributed by atoms with van der Waals surface area (Å²) in [6.07, 6.45) is 0. The molecule has 10 aromatic carbocycles. The third-order valence-electron chi connectivity index (χ3n) is 13.0.